The van der Waals surface area contributed by atoms with Crippen LogP contribution in [0, 0.1) is 0 Å². The van der Waals surface area contributed by atoms with Crippen molar-refractivity contribution in [2.24, 2.45) is 12.0 Å². The number of ether oxygens (including phenoxy) is 2. The van der Waals surface area contributed by atoms with E-state index in [2.05, 4.69) is 25.7 Å². The number of benzene rings is 1. The molecular weight excluding hydrogens is 439 g/mol. The summed E-state index contributed by atoms with van der Waals surface area (Å²) in [6.07, 6.45) is -3.47. The Balaban J connectivity index is 2.15. The van der Waals surface area contributed by atoms with Gasteiger partial charge in [-0.2, -0.15) is 22.0 Å². The first kappa shape index (κ1) is 19.7. The molecule has 1 aliphatic rings. The van der Waals surface area contributed by atoms with Gasteiger partial charge in [0.1, 0.15) is 5.75 Å². The molecule has 0 spiro atoms. The van der Waals surface area contributed by atoms with Crippen LogP contribution in [0.15, 0.2) is 39.9 Å². The minimum absolute atomic E-state index is 0.110. The van der Waals surface area contributed by atoms with Crippen molar-refractivity contribution < 1.29 is 31.4 Å². The molecule has 1 aromatic carbocycles. The van der Waals surface area contributed by atoms with Crippen LogP contribution in [0.25, 0.3) is 0 Å². The average Bonchev–Trinajstić information content (AvgIpc) is 2.57. The van der Waals surface area contributed by atoms with E-state index in [9.17, 15) is 22.0 Å². The number of aromatic nitrogens is 1. The number of hydrogen-bond donors (Lipinski definition) is 0. The number of alkyl halides is 5. The highest BCUT2D eigenvalue weighted by atomic mass is 79.9. The third-order valence-corrected chi connectivity index (χ3v) is 4.61. The summed E-state index contributed by atoms with van der Waals surface area (Å²) in [5, 5.41) is 0. The van der Waals surface area contributed by atoms with Crippen LogP contribution in [0.3, 0.4) is 0 Å². The van der Waals surface area contributed by atoms with E-state index < -0.39 is 30.1 Å². The molecule has 0 saturated heterocycles. The van der Waals surface area contributed by atoms with Crippen LogP contribution in [0.4, 0.5) is 22.0 Å². The molecule has 3 rings (SSSR count). The monoisotopic (exact) mass is 452 g/mol. The summed E-state index contributed by atoms with van der Waals surface area (Å²) in [6.45, 7) is -2.95. The molecule has 0 N–H and O–H groups in total. The summed E-state index contributed by atoms with van der Waals surface area (Å²) in [5.74, 6) is -0.0613. The molecule has 146 valence electrons. The van der Waals surface area contributed by atoms with Gasteiger partial charge in [0.05, 0.1) is 22.7 Å². The number of aryl methyl sites for hydroxylation is 1. The van der Waals surface area contributed by atoms with E-state index in [1.54, 1.807) is 18.2 Å². The SMILES string of the molecule is Cn1cc(C(F)(F)F)cc(OC(F)F)c1=NC1CCOc2c(Br)cccc21. The second kappa shape index (κ2) is 7.49. The van der Waals surface area contributed by atoms with Crippen molar-refractivity contribution in [2.75, 3.05) is 6.61 Å². The van der Waals surface area contributed by atoms with Crippen molar-refractivity contribution in [1.29, 1.82) is 0 Å². The summed E-state index contributed by atoms with van der Waals surface area (Å²) in [4.78, 5) is 4.41. The lowest BCUT2D eigenvalue weighted by atomic mass is 10.0. The van der Waals surface area contributed by atoms with Crippen molar-refractivity contribution in [3.8, 4) is 11.5 Å². The van der Waals surface area contributed by atoms with Crippen LogP contribution < -0.4 is 15.0 Å². The van der Waals surface area contributed by atoms with Gasteiger partial charge in [-0.05, 0) is 28.1 Å². The first-order chi connectivity index (χ1) is 12.7. The molecule has 0 aliphatic carbocycles. The highest BCUT2D eigenvalue weighted by Gasteiger charge is 2.32. The Morgan fingerprint density at radius 2 is 2.07 bits per heavy atom. The number of hydrogen-bond acceptors (Lipinski definition) is 3. The zero-order valence-corrected chi connectivity index (χ0v) is 15.5. The van der Waals surface area contributed by atoms with Crippen molar-refractivity contribution in [3.63, 3.8) is 0 Å². The number of para-hydroxylation sites is 1. The molecule has 10 heteroatoms. The van der Waals surface area contributed by atoms with Gasteiger partial charge < -0.3 is 14.0 Å². The summed E-state index contributed by atoms with van der Waals surface area (Å²) in [5.41, 5.74) is -0.505. The predicted octanol–water partition coefficient (Wildman–Crippen LogP) is 4.83. The molecule has 0 saturated carbocycles. The van der Waals surface area contributed by atoms with Crippen molar-refractivity contribution in [2.45, 2.75) is 25.3 Å². The number of fused-ring (bicyclic) bond motifs is 1. The standard InChI is InChI=1S/C17H14BrF5N2O2/c1-25-8-9(17(21,22)23)7-13(27-16(19)20)15(25)24-12-5-6-26-14-10(12)3-2-4-11(14)18/h2-4,7-8,12,16H,5-6H2,1H3. The molecule has 1 unspecified atom stereocenters. The van der Waals surface area contributed by atoms with Gasteiger partial charge in [0.25, 0.3) is 0 Å². The molecule has 1 aliphatic heterocycles. The van der Waals surface area contributed by atoms with Crippen molar-refractivity contribution in [3.05, 3.63) is 51.5 Å². The number of halogens is 6. The van der Waals surface area contributed by atoms with Crippen LogP contribution >= 0.6 is 15.9 Å². The number of rotatable bonds is 3. The summed E-state index contributed by atoms with van der Waals surface area (Å²) >= 11 is 3.37. The normalized spacial score (nSPS) is 17.6. The van der Waals surface area contributed by atoms with E-state index >= 15 is 0 Å². The van der Waals surface area contributed by atoms with Crippen LogP contribution in [0.1, 0.15) is 23.6 Å². The minimum Gasteiger partial charge on any atom is -0.492 e. The molecule has 0 bridgehead atoms. The summed E-state index contributed by atoms with van der Waals surface area (Å²) < 4.78 is 76.2. The largest absolute Gasteiger partial charge is 0.492 e. The fraction of sp³-hybridized carbons (Fsp3) is 0.353. The molecule has 0 amide bonds. The van der Waals surface area contributed by atoms with Gasteiger partial charge >= 0.3 is 12.8 Å². The first-order valence-electron chi connectivity index (χ1n) is 7.84. The molecule has 1 aromatic heterocycles. The van der Waals surface area contributed by atoms with E-state index in [1.807, 2.05) is 0 Å². The van der Waals surface area contributed by atoms with E-state index in [0.717, 1.165) is 10.8 Å². The summed E-state index contributed by atoms with van der Waals surface area (Å²) in [7, 11) is 1.30. The molecule has 1 atom stereocenters. The highest BCUT2D eigenvalue weighted by Crippen LogP contribution is 2.39. The van der Waals surface area contributed by atoms with Gasteiger partial charge in [0.15, 0.2) is 11.2 Å². The fourth-order valence-corrected chi connectivity index (χ4v) is 3.33. The first-order valence-corrected chi connectivity index (χ1v) is 8.64. The molecule has 0 fully saturated rings. The van der Waals surface area contributed by atoms with Crippen LogP contribution in [-0.4, -0.2) is 17.8 Å². The lowest BCUT2D eigenvalue weighted by Gasteiger charge is -2.24. The molecular formula is C17H14BrF5N2O2. The zero-order chi connectivity index (χ0) is 19.8. The van der Waals surface area contributed by atoms with Gasteiger partial charge in [0, 0.05) is 25.2 Å². The molecule has 27 heavy (non-hydrogen) atoms. The molecule has 2 aromatic rings. The second-order valence-corrected chi connectivity index (χ2v) is 6.70. The van der Waals surface area contributed by atoms with Crippen molar-refractivity contribution >= 4 is 15.9 Å². The minimum atomic E-state index is -4.70. The summed E-state index contributed by atoms with van der Waals surface area (Å²) in [6, 6.07) is 5.37. The van der Waals surface area contributed by atoms with Gasteiger partial charge in [-0.1, -0.05) is 12.1 Å². The lowest BCUT2D eigenvalue weighted by molar-refractivity contribution is -0.138. The third kappa shape index (κ3) is 4.26. The Bertz CT molecular complexity index is 911. The Labute approximate surface area is 159 Å². The van der Waals surface area contributed by atoms with E-state index in [0.29, 0.717) is 34.9 Å². The second-order valence-electron chi connectivity index (χ2n) is 5.84. The van der Waals surface area contributed by atoms with Gasteiger partial charge in [0.2, 0.25) is 0 Å². The number of pyridine rings is 1. The smallest absolute Gasteiger partial charge is 0.417 e. The van der Waals surface area contributed by atoms with Gasteiger partial charge in [-0.3, -0.25) is 4.99 Å². The Morgan fingerprint density at radius 3 is 2.74 bits per heavy atom. The number of nitrogens with zero attached hydrogens (tertiary/aromatic N) is 2. The van der Waals surface area contributed by atoms with Crippen molar-refractivity contribution in [1.82, 2.24) is 4.57 Å². The third-order valence-electron chi connectivity index (χ3n) is 3.99. The van der Waals surface area contributed by atoms with Gasteiger partial charge in [-0.15, -0.1) is 0 Å². The van der Waals surface area contributed by atoms with Crippen LogP contribution in [0.5, 0.6) is 11.5 Å². The maximum absolute atomic E-state index is 13.0. The maximum Gasteiger partial charge on any atom is 0.417 e. The Hall–Kier alpha value is -2.10. The van der Waals surface area contributed by atoms with Gasteiger partial charge in [-0.25, -0.2) is 0 Å². The maximum atomic E-state index is 13.0. The topological polar surface area (TPSA) is 35.8 Å². The molecule has 0 radical (unpaired) electrons. The van der Waals surface area contributed by atoms with Crippen LogP contribution in [0.2, 0.25) is 0 Å². The fourth-order valence-electron chi connectivity index (χ4n) is 2.83. The lowest BCUT2D eigenvalue weighted by Crippen LogP contribution is -2.26. The van der Waals surface area contributed by atoms with E-state index in [1.165, 1.54) is 7.05 Å². The van der Waals surface area contributed by atoms with E-state index in [4.69, 9.17) is 4.74 Å². The highest BCUT2D eigenvalue weighted by molar-refractivity contribution is 9.10. The van der Waals surface area contributed by atoms with Crippen LogP contribution in [-0.2, 0) is 13.2 Å². The van der Waals surface area contributed by atoms with E-state index in [-0.39, 0.29) is 5.49 Å². The quantitative estimate of drug-likeness (QED) is 0.625. The molecule has 4 nitrogen and oxygen atoms in total. The average molecular weight is 453 g/mol. The Morgan fingerprint density at radius 1 is 1.33 bits per heavy atom. The Kier molecular flexibility index (Phi) is 5.45. The zero-order valence-electron chi connectivity index (χ0n) is 13.9. The predicted molar refractivity (Wildman–Crippen MR) is 89.6 cm³/mol. The molecule has 2 heterocycles.